The number of benzene rings is 2. The highest BCUT2D eigenvalue weighted by Gasteiger charge is 2.20. The molecular formula is C22H28N4O4. The van der Waals surface area contributed by atoms with E-state index < -0.39 is 6.10 Å². The normalized spacial score (nSPS) is 11.4. The Morgan fingerprint density at radius 1 is 1.00 bits per heavy atom. The lowest BCUT2D eigenvalue weighted by atomic mass is 10.1. The average molecular weight is 412 g/mol. The summed E-state index contributed by atoms with van der Waals surface area (Å²) in [5.74, 6) is -0.921. The minimum absolute atomic E-state index is 0.127. The molecule has 0 spiro atoms. The van der Waals surface area contributed by atoms with Crippen molar-refractivity contribution in [1.29, 1.82) is 0 Å². The largest absolute Gasteiger partial charge is 0.366 e. The summed E-state index contributed by atoms with van der Waals surface area (Å²) in [7, 11) is 1.50. The van der Waals surface area contributed by atoms with E-state index in [-0.39, 0.29) is 37.4 Å². The Balaban J connectivity index is 1.88. The van der Waals surface area contributed by atoms with Crippen LogP contribution in [-0.4, -0.2) is 50.6 Å². The van der Waals surface area contributed by atoms with Crippen LogP contribution in [0.3, 0.4) is 0 Å². The van der Waals surface area contributed by atoms with Gasteiger partial charge in [0.1, 0.15) is 6.10 Å². The van der Waals surface area contributed by atoms with Crippen LogP contribution in [0.5, 0.6) is 0 Å². The van der Waals surface area contributed by atoms with E-state index in [1.807, 2.05) is 36.4 Å². The molecule has 2 aromatic carbocycles. The Labute approximate surface area is 176 Å². The van der Waals surface area contributed by atoms with E-state index in [1.165, 1.54) is 7.05 Å². The fourth-order valence-corrected chi connectivity index (χ4v) is 2.73. The SMILES string of the molecule is CNC(=O)CNC(=O)[C@@H](Cc1ccccc1)OCCNC(=O)c1cccc(CN)c1. The Kier molecular flexibility index (Phi) is 9.50. The summed E-state index contributed by atoms with van der Waals surface area (Å²) in [4.78, 5) is 36.1. The summed E-state index contributed by atoms with van der Waals surface area (Å²) in [6, 6.07) is 16.5. The fraction of sp³-hybridized carbons (Fsp3) is 0.318. The van der Waals surface area contributed by atoms with Crippen LogP contribution < -0.4 is 21.7 Å². The molecule has 1 atom stereocenters. The van der Waals surface area contributed by atoms with Crippen LogP contribution in [0.25, 0.3) is 0 Å². The minimum atomic E-state index is -0.783. The molecular weight excluding hydrogens is 384 g/mol. The van der Waals surface area contributed by atoms with Crippen LogP contribution in [0.1, 0.15) is 21.5 Å². The fourth-order valence-electron chi connectivity index (χ4n) is 2.73. The standard InChI is InChI=1S/C22H28N4O4/c1-24-20(27)15-26-22(29)19(13-16-6-3-2-4-7-16)30-11-10-25-21(28)18-9-5-8-17(12-18)14-23/h2-9,12,19H,10-11,13-15,23H2,1H3,(H,24,27)(H,25,28)(H,26,29)/t19-/m1/s1. The van der Waals surface area contributed by atoms with Gasteiger partial charge in [-0.25, -0.2) is 0 Å². The molecule has 0 radical (unpaired) electrons. The molecule has 0 unspecified atom stereocenters. The minimum Gasteiger partial charge on any atom is -0.366 e. The molecule has 30 heavy (non-hydrogen) atoms. The van der Waals surface area contributed by atoms with Gasteiger partial charge in [-0.3, -0.25) is 14.4 Å². The lowest BCUT2D eigenvalue weighted by molar-refractivity contribution is -0.134. The van der Waals surface area contributed by atoms with E-state index in [2.05, 4.69) is 16.0 Å². The van der Waals surface area contributed by atoms with Crippen molar-refractivity contribution in [2.75, 3.05) is 26.7 Å². The molecule has 8 nitrogen and oxygen atoms in total. The van der Waals surface area contributed by atoms with Gasteiger partial charge in [0.25, 0.3) is 5.91 Å². The van der Waals surface area contributed by atoms with Gasteiger partial charge in [0.2, 0.25) is 11.8 Å². The van der Waals surface area contributed by atoms with Crippen LogP contribution >= 0.6 is 0 Å². The van der Waals surface area contributed by atoms with E-state index in [4.69, 9.17) is 10.5 Å². The zero-order chi connectivity index (χ0) is 21.8. The third-order valence-electron chi connectivity index (χ3n) is 4.39. The molecule has 2 rings (SSSR count). The monoisotopic (exact) mass is 412 g/mol. The Morgan fingerprint density at radius 3 is 2.43 bits per heavy atom. The second kappa shape index (κ2) is 12.4. The Bertz CT molecular complexity index is 842. The van der Waals surface area contributed by atoms with Crippen LogP contribution in [0.2, 0.25) is 0 Å². The van der Waals surface area contributed by atoms with Gasteiger partial charge in [0, 0.05) is 32.1 Å². The summed E-state index contributed by atoms with van der Waals surface area (Å²) in [5, 5.41) is 7.78. The molecule has 0 aliphatic heterocycles. The number of ether oxygens (including phenoxy) is 1. The maximum atomic E-state index is 12.5. The zero-order valence-electron chi connectivity index (χ0n) is 17.0. The van der Waals surface area contributed by atoms with E-state index in [0.29, 0.717) is 18.5 Å². The first kappa shape index (κ1) is 23.1. The highest BCUT2D eigenvalue weighted by Crippen LogP contribution is 2.07. The second-order valence-corrected chi connectivity index (χ2v) is 6.60. The number of nitrogens with one attached hydrogen (secondary N) is 3. The lowest BCUT2D eigenvalue weighted by Crippen LogP contribution is -2.43. The van der Waals surface area contributed by atoms with Crippen LogP contribution in [0.4, 0.5) is 0 Å². The van der Waals surface area contributed by atoms with E-state index in [9.17, 15) is 14.4 Å². The van der Waals surface area contributed by atoms with Crippen molar-refractivity contribution in [3.8, 4) is 0 Å². The van der Waals surface area contributed by atoms with Gasteiger partial charge >= 0.3 is 0 Å². The topological polar surface area (TPSA) is 123 Å². The van der Waals surface area contributed by atoms with Crippen LogP contribution in [-0.2, 0) is 27.3 Å². The van der Waals surface area contributed by atoms with E-state index in [0.717, 1.165) is 11.1 Å². The number of amides is 3. The summed E-state index contributed by atoms with van der Waals surface area (Å²) >= 11 is 0. The first-order valence-corrected chi connectivity index (χ1v) is 9.74. The molecule has 0 bridgehead atoms. The molecule has 0 fully saturated rings. The third-order valence-corrected chi connectivity index (χ3v) is 4.39. The molecule has 3 amide bonds. The van der Waals surface area contributed by atoms with Crippen molar-refractivity contribution in [2.45, 2.75) is 19.1 Å². The number of likely N-dealkylation sites (N-methyl/N-ethyl adjacent to an activating group) is 1. The second-order valence-electron chi connectivity index (χ2n) is 6.60. The molecule has 0 aliphatic rings. The van der Waals surface area contributed by atoms with Gasteiger partial charge in [-0.15, -0.1) is 0 Å². The number of rotatable bonds is 11. The van der Waals surface area contributed by atoms with Crippen molar-refractivity contribution >= 4 is 17.7 Å². The van der Waals surface area contributed by atoms with E-state index in [1.54, 1.807) is 18.2 Å². The predicted octanol–water partition coefficient (Wildman–Crippen LogP) is 0.365. The highest BCUT2D eigenvalue weighted by atomic mass is 16.5. The summed E-state index contributed by atoms with van der Waals surface area (Å²) < 4.78 is 5.73. The van der Waals surface area contributed by atoms with Crippen LogP contribution in [0, 0.1) is 0 Å². The molecule has 8 heteroatoms. The summed E-state index contributed by atoms with van der Waals surface area (Å²) in [5.41, 5.74) is 7.92. The average Bonchev–Trinajstić information content (AvgIpc) is 2.79. The van der Waals surface area contributed by atoms with Gasteiger partial charge in [0.15, 0.2) is 0 Å². The highest BCUT2D eigenvalue weighted by molar-refractivity contribution is 5.94. The van der Waals surface area contributed by atoms with Gasteiger partial charge in [-0.05, 0) is 23.3 Å². The third kappa shape index (κ3) is 7.65. The maximum absolute atomic E-state index is 12.5. The lowest BCUT2D eigenvalue weighted by Gasteiger charge is -2.18. The van der Waals surface area contributed by atoms with E-state index >= 15 is 0 Å². The molecule has 160 valence electrons. The Morgan fingerprint density at radius 2 is 1.73 bits per heavy atom. The molecule has 5 N–H and O–H groups in total. The number of nitrogens with two attached hydrogens (primary N) is 1. The number of hydrogen-bond donors (Lipinski definition) is 4. The number of carbonyl (C=O) groups is 3. The summed E-state index contributed by atoms with van der Waals surface area (Å²) in [6.07, 6.45) is -0.429. The van der Waals surface area contributed by atoms with Gasteiger partial charge in [-0.2, -0.15) is 0 Å². The van der Waals surface area contributed by atoms with Crippen LogP contribution in [0.15, 0.2) is 54.6 Å². The van der Waals surface area contributed by atoms with Crippen molar-refractivity contribution in [1.82, 2.24) is 16.0 Å². The molecule has 0 heterocycles. The maximum Gasteiger partial charge on any atom is 0.251 e. The molecule has 0 saturated carbocycles. The first-order valence-electron chi connectivity index (χ1n) is 9.74. The van der Waals surface area contributed by atoms with Crippen molar-refractivity contribution in [2.24, 2.45) is 5.73 Å². The smallest absolute Gasteiger partial charge is 0.251 e. The summed E-state index contributed by atoms with van der Waals surface area (Å²) in [6.45, 7) is 0.613. The van der Waals surface area contributed by atoms with Crippen molar-refractivity contribution in [3.63, 3.8) is 0 Å². The first-order chi connectivity index (χ1) is 14.5. The quantitative estimate of drug-likeness (QED) is 0.397. The Hall–Kier alpha value is -3.23. The number of carbonyl (C=O) groups excluding carboxylic acids is 3. The molecule has 2 aromatic rings. The van der Waals surface area contributed by atoms with Crippen molar-refractivity contribution < 1.29 is 19.1 Å². The number of hydrogen-bond acceptors (Lipinski definition) is 5. The molecule has 0 aromatic heterocycles. The molecule has 0 saturated heterocycles. The van der Waals surface area contributed by atoms with Crippen molar-refractivity contribution in [3.05, 3.63) is 71.3 Å². The molecule has 0 aliphatic carbocycles. The van der Waals surface area contributed by atoms with Gasteiger partial charge < -0.3 is 26.4 Å². The predicted molar refractivity (Wildman–Crippen MR) is 114 cm³/mol. The van der Waals surface area contributed by atoms with Gasteiger partial charge in [-0.1, -0.05) is 42.5 Å². The zero-order valence-corrected chi connectivity index (χ0v) is 17.0. The van der Waals surface area contributed by atoms with Gasteiger partial charge in [0.05, 0.1) is 13.2 Å².